The average molecular weight is 471 g/mol. The normalized spacial score (nSPS) is 10.6. The molecule has 0 fully saturated rings. The molecule has 3 aromatic rings. The van der Waals surface area contributed by atoms with Gasteiger partial charge in [0.1, 0.15) is 18.0 Å². The van der Waals surface area contributed by atoms with Gasteiger partial charge < -0.3 is 14.4 Å². The number of hydrogen-bond acceptors (Lipinski definition) is 4. The number of rotatable bonds is 8. The fourth-order valence-corrected chi connectivity index (χ4v) is 3.26. The average Bonchev–Trinajstić information content (AvgIpc) is 2.83. The zero-order valence-electron chi connectivity index (χ0n) is 20.3. The van der Waals surface area contributed by atoms with Gasteiger partial charge in [-0.1, -0.05) is 61.2 Å². The van der Waals surface area contributed by atoms with Gasteiger partial charge in [-0.15, -0.1) is 5.73 Å². The predicted molar refractivity (Wildman–Crippen MR) is 137 cm³/mol. The first-order valence-corrected chi connectivity index (χ1v) is 11.3. The largest absolute Gasteiger partial charge is 0.489 e. The fraction of sp³-hybridized carbons (Fsp3) is 0.207. The molecule has 0 radical (unpaired) electrons. The van der Waals surface area contributed by atoms with Crippen molar-refractivity contribution >= 4 is 17.7 Å². The number of anilines is 1. The summed E-state index contributed by atoms with van der Waals surface area (Å²) in [6.45, 7) is 9.71. The molecule has 3 aromatic carbocycles. The van der Waals surface area contributed by atoms with Crippen LogP contribution in [0.25, 0.3) is 0 Å². The van der Waals surface area contributed by atoms with Crippen LogP contribution in [0.3, 0.4) is 0 Å². The SMILES string of the molecule is C=C=CN(Cc1ccc(OCc2ccccc2)cc1)C(=O)c1ccccc1NC(=O)OC(C)(C)C. The topological polar surface area (TPSA) is 67.9 Å². The molecule has 0 atom stereocenters. The minimum absolute atomic E-state index is 0.293. The maximum absolute atomic E-state index is 13.4. The second-order valence-corrected chi connectivity index (χ2v) is 8.86. The van der Waals surface area contributed by atoms with Crippen molar-refractivity contribution in [1.29, 1.82) is 0 Å². The van der Waals surface area contributed by atoms with Gasteiger partial charge in [0, 0.05) is 6.20 Å². The van der Waals surface area contributed by atoms with Crippen LogP contribution in [-0.2, 0) is 17.9 Å². The zero-order chi connectivity index (χ0) is 25.3. The maximum atomic E-state index is 13.4. The van der Waals surface area contributed by atoms with E-state index in [0.29, 0.717) is 24.4 Å². The summed E-state index contributed by atoms with van der Waals surface area (Å²) in [5.74, 6) is 0.430. The van der Waals surface area contributed by atoms with E-state index in [-0.39, 0.29) is 5.91 Å². The zero-order valence-corrected chi connectivity index (χ0v) is 20.3. The van der Waals surface area contributed by atoms with Crippen LogP contribution in [0.2, 0.25) is 0 Å². The van der Waals surface area contributed by atoms with Gasteiger partial charge in [-0.05, 0) is 56.2 Å². The molecule has 180 valence electrons. The first kappa shape index (κ1) is 25.3. The van der Waals surface area contributed by atoms with Crippen LogP contribution in [0.1, 0.15) is 42.3 Å². The van der Waals surface area contributed by atoms with Crippen molar-refractivity contribution in [3.05, 3.63) is 114 Å². The highest BCUT2D eigenvalue weighted by Crippen LogP contribution is 2.21. The number of carbonyl (C=O) groups is 2. The van der Waals surface area contributed by atoms with E-state index < -0.39 is 11.7 Å². The summed E-state index contributed by atoms with van der Waals surface area (Å²) in [6.07, 6.45) is 0.863. The third-order valence-corrected chi connectivity index (χ3v) is 4.83. The Bertz CT molecular complexity index is 1190. The minimum Gasteiger partial charge on any atom is -0.489 e. The molecule has 0 bridgehead atoms. The van der Waals surface area contributed by atoms with Crippen molar-refractivity contribution in [2.24, 2.45) is 0 Å². The van der Waals surface area contributed by atoms with Gasteiger partial charge in [-0.25, -0.2) is 4.79 Å². The van der Waals surface area contributed by atoms with Crippen molar-refractivity contribution in [2.45, 2.75) is 39.5 Å². The highest BCUT2D eigenvalue weighted by atomic mass is 16.6. The van der Waals surface area contributed by atoms with E-state index >= 15 is 0 Å². The Morgan fingerprint density at radius 2 is 1.60 bits per heavy atom. The number of nitrogens with one attached hydrogen (secondary N) is 1. The van der Waals surface area contributed by atoms with Gasteiger partial charge in [-0.3, -0.25) is 10.1 Å². The number of carbonyl (C=O) groups excluding carboxylic acids is 2. The maximum Gasteiger partial charge on any atom is 0.412 e. The molecular formula is C29H30N2O4. The van der Waals surface area contributed by atoms with Gasteiger partial charge in [-0.2, -0.15) is 0 Å². The lowest BCUT2D eigenvalue weighted by Gasteiger charge is -2.22. The molecular weight excluding hydrogens is 440 g/mol. The Labute approximate surface area is 206 Å². The lowest BCUT2D eigenvalue weighted by molar-refractivity contribution is 0.0636. The van der Waals surface area contributed by atoms with Crippen molar-refractivity contribution in [1.82, 2.24) is 4.90 Å². The van der Waals surface area contributed by atoms with E-state index in [1.54, 1.807) is 45.0 Å². The minimum atomic E-state index is -0.655. The monoisotopic (exact) mass is 470 g/mol. The van der Waals surface area contributed by atoms with Crippen LogP contribution in [0.15, 0.2) is 97.4 Å². The number of benzene rings is 3. The number of hydrogen-bond donors (Lipinski definition) is 1. The van der Waals surface area contributed by atoms with Gasteiger partial charge in [0.15, 0.2) is 0 Å². The summed E-state index contributed by atoms with van der Waals surface area (Å²) in [5.41, 5.74) is 4.69. The van der Waals surface area contributed by atoms with Gasteiger partial charge in [0.05, 0.1) is 17.8 Å². The highest BCUT2D eigenvalue weighted by Gasteiger charge is 2.21. The summed E-state index contributed by atoms with van der Waals surface area (Å²) < 4.78 is 11.2. The molecule has 6 heteroatoms. The van der Waals surface area contributed by atoms with Gasteiger partial charge in [0.2, 0.25) is 0 Å². The van der Waals surface area contributed by atoms with E-state index in [4.69, 9.17) is 9.47 Å². The first-order valence-electron chi connectivity index (χ1n) is 11.3. The standard InChI is InChI=1S/C29H30N2O4/c1-5-19-31(20-22-15-17-24(18-16-22)34-21-23-11-7-6-8-12-23)27(32)25-13-9-10-14-26(25)30-28(33)35-29(2,3)4/h6-19H,1,20-21H2,2-4H3,(H,30,33). The second kappa shape index (κ2) is 11.7. The van der Waals surface area contributed by atoms with Gasteiger partial charge >= 0.3 is 6.09 Å². The van der Waals surface area contributed by atoms with Crippen molar-refractivity contribution in [3.8, 4) is 5.75 Å². The number of nitrogens with zero attached hydrogens (tertiary/aromatic N) is 1. The van der Waals surface area contributed by atoms with Crippen LogP contribution >= 0.6 is 0 Å². The van der Waals surface area contributed by atoms with E-state index in [1.165, 1.54) is 11.1 Å². The molecule has 3 rings (SSSR count). The molecule has 0 saturated carbocycles. The van der Waals surface area contributed by atoms with Gasteiger partial charge in [0.25, 0.3) is 5.91 Å². The summed E-state index contributed by atoms with van der Waals surface area (Å²) in [4.78, 5) is 27.1. The van der Waals surface area contributed by atoms with Crippen molar-refractivity contribution in [3.63, 3.8) is 0 Å². The molecule has 0 heterocycles. The first-order chi connectivity index (χ1) is 16.7. The molecule has 0 aliphatic heterocycles. The molecule has 6 nitrogen and oxygen atoms in total. The van der Waals surface area contributed by atoms with E-state index in [2.05, 4.69) is 17.6 Å². The van der Waals surface area contributed by atoms with Crippen molar-refractivity contribution in [2.75, 3.05) is 5.32 Å². The van der Waals surface area contributed by atoms with Crippen LogP contribution in [0, 0.1) is 0 Å². The van der Waals surface area contributed by atoms with Crippen molar-refractivity contribution < 1.29 is 19.1 Å². The summed E-state index contributed by atoms with van der Waals surface area (Å²) in [5, 5.41) is 2.67. The van der Waals surface area contributed by atoms with Crippen LogP contribution in [0.4, 0.5) is 10.5 Å². The van der Waals surface area contributed by atoms with Crippen LogP contribution in [0.5, 0.6) is 5.75 Å². The Hall–Kier alpha value is -4.28. The molecule has 0 spiro atoms. The molecule has 2 amide bonds. The molecule has 0 aliphatic carbocycles. The molecule has 0 aliphatic rings. The van der Waals surface area contributed by atoms with E-state index in [9.17, 15) is 9.59 Å². The summed E-state index contributed by atoms with van der Waals surface area (Å²) in [6, 6.07) is 24.3. The summed E-state index contributed by atoms with van der Waals surface area (Å²) in [7, 11) is 0. The van der Waals surface area contributed by atoms with E-state index in [0.717, 1.165) is 16.9 Å². The molecule has 0 aromatic heterocycles. The second-order valence-electron chi connectivity index (χ2n) is 8.86. The van der Waals surface area contributed by atoms with E-state index in [1.807, 2.05) is 54.6 Å². The third kappa shape index (κ3) is 7.91. The lowest BCUT2D eigenvalue weighted by Crippen LogP contribution is -2.29. The number of ether oxygens (including phenoxy) is 2. The highest BCUT2D eigenvalue weighted by molar-refractivity contribution is 6.03. The summed E-state index contributed by atoms with van der Waals surface area (Å²) >= 11 is 0. The molecule has 1 N–H and O–H groups in total. The molecule has 0 unspecified atom stereocenters. The quantitative estimate of drug-likeness (QED) is 0.379. The Kier molecular flexibility index (Phi) is 8.49. The molecule has 0 saturated heterocycles. The number of para-hydroxylation sites is 1. The third-order valence-electron chi connectivity index (χ3n) is 4.83. The predicted octanol–water partition coefficient (Wildman–Crippen LogP) is 6.55. The Morgan fingerprint density at radius 3 is 2.26 bits per heavy atom. The fourth-order valence-electron chi connectivity index (χ4n) is 3.26. The smallest absolute Gasteiger partial charge is 0.412 e. The number of amides is 2. The lowest BCUT2D eigenvalue weighted by atomic mass is 10.1. The Balaban J connectivity index is 1.70. The van der Waals surface area contributed by atoms with Crippen LogP contribution in [-0.4, -0.2) is 22.5 Å². The molecule has 35 heavy (non-hydrogen) atoms. The Morgan fingerprint density at radius 1 is 0.943 bits per heavy atom. The van der Waals surface area contributed by atoms with Crippen LogP contribution < -0.4 is 10.1 Å².